The summed E-state index contributed by atoms with van der Waals surface area (Å²) in [6.07, 6.45) is 1.09. The van der Waals surface area contributed by atoms with Crippen LogP contribution >= 0.6 is 0 Å². The summed E-state index contributed by atoms with van der Waals surface area (Å²) in [5.41, 5.74) is 5.48. The number of rotatable bonds is 8. The second-order valence-electron chi connectivity index (χ2n) is 6.65. The van der Waals surface area contributed by atoms with Crippen LogP contribution in [0.4, 0.5) is 4.79 Å². The van der Waals surface area contributed by atoms with Crippen LogP contribution in [0.1, 0.15) is 55.8 Å². The Bertz CT molecular complexity index is 786. The van der Waals surface area contributed by atoms with Gasteiger partial charge in [-0.25, -0.2) is 10.2 Å². The van der Waals surface area contributed by atoms with Crippen molar-refractivity contribution in [3.8, 4) is 0 Å². The van der Waals surface area contributed by atoms with Crippen molar-refractivity contribution in [2.45, 2.75) is 39.2 Å². The molecule has 0 bridgehead atoms. The number of hydrazone groups is 1. The molecule has 0 aromatic heterocycles. The molecule has 0 radical (unpaired) electrons. The van der Waals surface area contributed by atoms with Gasteiger partial charge in [-0.15, -0.1) is 0 Å². The second-order valence-corrected chi connectivity index (χ2v) is 6.65. The Morgan fingerprint density at radius 3 is 2.32 bits per heavy atom. The van der Waals surface area contributed by atoms with E-state index in [1.807, 2.05) is 54.6 Å². The molecular weight excluding hydrogens is 354 g/mol. The average molecular weight is 381 g/mol. The van der Waals surface area contributed by atoms with Crippen LogP contribution in [0.3, 0.4) is 0 Å². The highest BCUT2D eigenvalue weighted by molar-refractivity contribution is 5.83. The van der Waals surface area contributed by atoms with Crippen LogP contribution < -0.4 is 10.7 Å². The van der Waals surface area contributed by atoms with E-state index in [1.165, 1.54) is 5.56 Å². The number of alkyl carbamates (subject to hydrolysis) is 1. The Balaban J connectivity index is 1.95. The molecule has 0 saturated heterocycles. The number of ether oxygens (including phenoxy) is 1. The fraction of sp³-hybridized carbons (Fsp3) is 0.318. The number of carbonyl (C=O) groups is 2. The number of nitrogens with zero attached hydrogens (tertiary/aromatic N) is 1. The third-order valence-electron chi connectivity index (χ3n) is 4.16. The maximum absolute atomic E-state index is 12.3. The molecule has 0 saturated carbocycles. The van der Waals surface area contributed by atoms with Crippen LogP contribution in [0.2, 0.25) is 0 Å². The van der Waals surface area contributed by atoms with E-state index >= 15 is 0 Å². The Hall–Kier alpha value is -3.15. The summed E-state index contributed by atoms with van der Waals surface area (Å²) < 4.78 is 4.93. The topological polar surface area (TPSA) is 79.8 Å². The van der Waals surface area contributed by atoms with E-state index in [4.69, 9.17) is 4.74 Å². The molecule has 0 aliphatic rings. The number of hydrogen-bond acceptors (Lipinski definition) is 4. The molecule has 28 heavy (non-hydrogen) atoms. The van der Waals surface area contributed by atoms with Gasteiger partial charge in [0.05, 0.1) is 25.3 Å². The van der Waals surface area contributed by atoms with E-state index in [0.29, 0.717) is 5.92 Å². The van der Waals surface area contributed by atoms with Crippen molar-refractivity contribution in [2.75, 3.05) is 6.61 Å². The first-order valence-corrected chi connectivity index (χ1v) is 9.39. The van der Waals surface area contributed by atoms with Crippen LogP contribution in [0.5, 0.6) is 0 Å². The van der Waals surface area contributed by atoms with Crippen molar-refractivity contribution in [1.82, 2.24) is 10.7 Å². The molecular formula is C22H27N3O3. The molecule has 0 aliphatic heterocycles. The zero-order valence-electron chi connectivity index (χ0n) is 16.5. The monoisotopic (exact) mass is 381 g/mol. The SMILES string of the molecule is CCOC(=O)N[C@@H](CC(=O)N/N=C\c1ccc(C(C)C)cc1)c1ccccc1. The molecule has 0 unspecified atom stereocenters. The molecule has 6 nitrogen and oxygen atoms in total. The minimum atomic E-state index is -0.558. The number of benzene rings is 2. The predicted molar refractivity (Wildman–Crippen MR) is 110 cm³/mol. The molecule has 2 rings (SSSR count). The van der Waals surface area contributed by atoms with Crippen LogP contribution in [0.25, 0.3) is 0 Å². The second kappa shape index (κ2) is 10.9. The standard InChI is InChI=1S/C22H27N3O3/c1-4-28-22(27)24-20(19-8-6-5-7-9-19)14-21(26)25-23-15-17-10-12-18(13-11-17)16(2)3/h5-13,15-16,20H,4,14H2,1-3H3,(H,24,27)(H,25,26)/b23-15-/t20-/m0/s1. The number of hydrogen-bond donors (Lipinski definition) is 2. The van der Waals surface area contributed by atoms with E-state index in [9.17, 15) is 9.59 Å². The highest BCUT2D eigenvalue weighted by atomic mass is 16.5. The maximum atomic E-state index is 12.3. The van der Waals surface area contributed by atoms with Crippen LogP contribution in [-0.2, 0) is 9.53 Å². The summed E-state index contributed by atoms with van der Waals surface area (Å²) in [5, 5.41) is 6.73. The molecule has 2 aromatic carbocycles. The first-order chi connectivity index (χ1) is 13.5. The summed E-state index contributed by atoms with van der Waals surface area (Å²) in [7, 11) is 0. The van der Waals surface area contributed by atoms with Gasteiger partial charge >= 0.3 is 6.09 Å². The van der Waals surface area contributed by atoms with Gasteiger partial charge in [0.25, 0.3) is 0 Å². The van der Waals surface area contributed by atoms with Gasteiger partial charge in [0.15, 0.2) is 0 Å². The zero-order valence-corrected chi connectivity index (χ0v) is 16.5. The molecule has 6 heteroatoms. The van der Waals surface area contributed by atoms with E-state index in [0.717, 1.165) is 11.1 Å². The fourth-order valence-corrected chi connectivity index (χ4v) is 2.63. The quantitative estimate of drug-likeness (QED) is 0.533. The molecule has 2 N–H and O–H groups in total. The van der Waals surface area contributed by atoms with Gasteiger partial charge in [0, 0.05) is 0 Å². The lowest BCUT2D eigenvalue weighted by Gasteiger charge is -2.18. The van der Waals surface area contributed by atoms with Crippen molar-refractivity contribution in [2.24, 2.45) is 5.10 Å². The molecule has 0 fully saturated rings. The highest BCUT2D eigenvalue weighted by Gasteiger charge is 2.18. The molecule has 0 spiro atoms. The molecule has 0 aliphatic carbocycles. The number of carbonyl (C=O) groups excluding carboxylic acids is 2. The fourth-order valence-electron chi connectivity index (χ4n) is 2.63. The summed E-state index contributed by atoms with van der Waals surface area (Å²) in [5.74, 6) is 0.160. The Kier molecular flexibility index (Phi) is 8.21. The molecule has 2 amide bonds. The Labute approximate surface area is 166 Å². The van der Waals surface area contributed by atoms with Crippen LogP contribution in [0.15, 0.2) is 59.7 Å². The lowest BCUT2D eigenvalue weighted by atomic mass is 10.0. The summed E-state index contributed by atoms with van der Waals surface area (Å²) in [4.78, 5) is 24.1. The normalized spacial score (nSPS) is 12.0. The van der Waals surface area contributed by atoms with Gasteiger partial charge in [-0.3, -0.25) is 4.79 Å². The predicted octanol–water partition coefficient (Wildman–Crippen LogP) is 4.14. The van der Waals surface area contributed by atoms with Crippen molar-refractivity contribution >= 4 is 18.2 Å². The Morgan fingerprint density at radius 2 is 1.71 bits per heavy atom. The van der Waals surface area contributed by atoms with Crippen molar-refractivity contribution in [3.63, 3.8) is 0 Å². The summed E-state index contributed by atoms with van der Waals surface area (Å²) in [6.45, 7) is 6.26. The van der Waals surface area contributed by atoms with Crippen molar-refractivity contribution in [3.05, 3.63) is 71.3 Å². The third kappa shape index (κ3) is 6.87. The van der Waals surface area contributed by atoms with Gasteiger partial charge in [0.2, 0.25) is 5.91 Å². The summed E-state index contributed by atoms with van der Waals surface area (Å²) in [6, 6.07) is 16.8. The Morgan fingerprint density at radius 1 is 1.04 bits per heavy atom. The largest absolute Gasteiger partial charge is 0.450 e. The molecule has 148 valence electrons. The lowest BCUT2D eigenvalue weighted by molar-refractivity contribution is -0.121. The van der Waals surface area contributed by atoms with E-state index in [-0.39, 0.29) is 18.9 Å². The van der Waals surface area contributed by atoms with E-state index < -0.39 is 12.1 Å². The van der Waals surface area contributed by atoms with E-state index in [2.05, 4.69) is 29.7 Å². The average Bonchev–Trinajstić information content (AvgIpc) is 2.69. The number of amides is 2. The first kappa shape index (κ1) is 21.2. The zero-order chi connectivity index (χ0) is 20.4. The van der Waals surface area contributed by atoms with Gasteiger partial charge in [-0.2, -0.15) is 5.10 Å². The van der Waals surface area contributed by atoms with Gasteiger partial charge in [-0.1, -0.05) is 68.4 Å². The van der Waals surface area contributed by atoms with Crippen LogP contribution in [0, 0.1) is 0 Å². The van der Waals surface area contributed by atoms with Crippen LogP contribution in [-0.4, -0.2) is 24.8 Å². The molecule has 2 aromatic rings. The lowest BCUT2D eigenvalue weighted by Crippen LogP contribution is -2.33. The van der Waals surface area contributed by atoms with Gasteiger partial charge in [0.1, 0.15) is 0 Å². The third-order valence-corrected chi connectivity index (χ3v) is 4.16. The summed E-state index contributed by atoms with van der Waals surface area (Å²) >= 11 is 0. The maximum Gasteiger partial charge on any atom is 0.407 e. The van der Waals surface area contributed by atoms with Gasteiger partial charge < -0.3 is 10.1 Å². The van der Waals surface area contributed by atoms with Gasteiger partial charge in [-0.05, 0) is 29.5 Å². The highest BCUT2D eigenvalue weighted by Crippen LogP contribution is 2.17. The first-order valence-electron chi connectivity index (χ1n) is 9.39. The smallest absolute Gasteiger partial charge is 0.407 e. The minimum absolute atomic E-state index is 0.0481. The molecule has 0 heterocycles. The number of nitrogens with one attached hydrogen (secondary N) is 2. The van der Waals surface area contributed by atoms with Crippen molar-refractivity contribution < 1.29 is 14.3 Å². The minimum Gasteiger partial charge on any atom is -0.450 e. The van der Waals surface area contributed by atoms with Crippen molar-refractivity contribution in [1.29, 1.82) is 0 Å². The van der Waals surface area contributed by atoms with E-state index in [1.54, 1.807) is 13.1 Å². The molecule has 1 atom stereocenters.